The molecule has 0 aliphatic carbocycles. The number of aromatic nitrogens is 2. The number of carbonyl (C=O) groups is 1. The molecule has 144 valence electrons. The van der Waals surface area contributed by atoms with Crippen LogP contribution in [0.4, 0.5) is 0 Å². The van der Waals surface area contributed by atoms with E-state index in [-0.39, 0.29) is 18.0 Å². The van der Waals surface area contributed by atoms with Gasteiger partial charge in [0.2, 0.25) is 5.91 Å². The molecule has 1 aliphatic heterocycles. The summed E-state index contributed by atoms with van der Waals surface area (Å²) in [5.74, 6) is 0.811. The molecule has 27 heavy (non-hydrogen) atoms. The maximum absolute atomic E-state index is 12.5. The first-order valence-electron chi connectivity index (χ1n) is 9.26. The highest BCUT2D eigenvalue weighted by atomic mass is 16.5. The Morgan fingerprint density at radius 1 is 1.11 bits per heavy atom. The molecule has 1 aromatic heterocycles. The van der Waals surface area contributed by atoms with Crippen molar-refractivity contribution in [2.75, 3.05) is 39.3 Å². The van der Waals surface area contributed by atoms with Crippen molar-refractivity contribution >= 4 is 5.91 Å². The van der Waals surface area contributed by atoms with Gasteiger partial charge in [0.15, 0.2) is 0 Å². The second-order valence-corrected chi connectivity index (χ2v) is 6.79. The van der Waals surface area contributed by atoms with Crippen LogP contribution in [-0.2, 0) is 11.3 Å². The summed E-state index contributed by atoms with van der Waals surface area (Å²) in [6, 6.07) is 11.3. The lowest BCUT2D eigenvalue weighted by atomic mass is 10.2. The van der Waals surface area contributed by atoms with Gasteiger partial charge in [-0.25, -0.2) is 4.68 Å². The summed E-state index contributed by atoms with van der Waals surface area (Å²) in [5, 5.41) is 4.22. The molecule has 1 aromatic carbocycles. The van der Waals surface area contributed by atoms with Gasteiger partial charge in [0.1, 0.15) is 18.9 Å². The average Bonchev–Trinajstić information content (AvgIpc) is 2.67. The molecule has 0 unspecified atom stereocenters. The summed E-state index contributed by atoms with van der Waals surface area (Å²) in [6.45, 7) is 8.06. The van der Waals surface area contributed by atoms with E-state index in [2.05, 4.69) is 10.00 Å². The molecule has 1 aliphatic rings. The molecule has 1 fully saturated rings. The first kappa shape index (κ1) is 19.1. The number of hydrogen-bond donors (Lipinski definition) is 0. The number of amides is 1. The van der Waals surface area contributed by atoms with Gasteiger partial charge in [-0.3, -0.25) is 14.5 Å². The summed E-state index contributed by atoms with van der Waals surface area (Å²) in [6.07, 6.45) is 0. The van der Waals surface area contributed by atoms with Crippen LogP contribution in [-0.4, -0.2) is 64.8 Å². The van der Waals surface area contributed by atoms with Crippen LogP contribution < -0.4 is 10.3 Å². The normalized spacial score (nSPS) is 15.0. The Morgan fingerprint density at radius 2 is 1.81 bits per heavy atom. The van der Waals surface area contributed by atoms with Crippen molar-refractivity contribution in [3.63, 3.8) is 0 Å². The number of nitrogens with zero attached hydrogens (tertiary/aromatic N) is 4. The molecule has 1 amide bonds. The smallest absolute Gasteiger partial charge is 0.267 e. The van der Waals surface area contributed by atoms with Crippen LogP contribution >= 0.6 is 0 Å². The van der Waals surface area contributed by atoms with E-state index in [4.69, 9.17) is 4.74 Å². The monoisotopic (exact) mass is 370 g/mol. The Balaban J connectivity index is 1.44. The molecule has 0 bridgehead atoms. The number of piperazine rings is 1. The van der Waals surface area contributed by atoms with Gasteiger partial charge in [-0.05, 0) is 31.5 Å². The molecule has 0 N–H and O–H groups in total. The predicted octanol–water partition coefficient (Wildman–Crippen LogP) is 1.08. The Morgan fingerprint density at radius 3 is 2.52 bits per heavy atom. The number of aryl methyl sites for hydroxylation is 2. The molecule has 2 heterocycles. The number of ether oxygens (including phenoxy) is 1. The maximum atomic E-state index is 12.5. The van der Waals surface area contributed by atoms with E-state index >= 15 is 0 Å². The van der Waals surface area contributed by atoms with Crippen LogP contribution in [0.5, 0.6) is 5.75 Å². The minimum absolute atomic E-state index is 0.00291. The highest BCUT2D eigenvalue weighted by molar-refractivity contribution is 5.76. The van der Waals surface area contributed by atoms with Gasteiger partial charge in [-0.15, -0.1) is 0 Å². The lowest BCUT2D eigenvalue weighted by molar-refractivity contribution is -0.133. The fourth-order valence-electron chi connectivity index (χ4n) is 3.04. The molecule has 0 spiro atoms. The van der Waals surface area contributed by atoms with E-state index in [9.17, 15) is 9.59 Å². The Hall–Kier alpha value is -2.67. The van der Waals surface area contributed by atoms with Gasteiger partial charge in [-0.2, -0.15) is 5.10 Å². The van der Waals surface area contributed by atoms with Crippen LogP contribution in [0.25, 0.3) is 0 Å². The molecule has 3 rings (SSSR count). The third-order valence-electron chi connectivity index (χ3n) is 4.87. The highest BCUT2D eigenvalue weighted by Gasteiger charge is 2.21. The Kier molecular flexibility index (Phi) is 6.24. The van der Waals surface area contributed by atoms with Crippen LogP contribution in [0.15, 0.2) is 41.2 Å². The molecule has 0 saturated carbocycles. The number of hydrogen-bond acceptors (Lipinski definition) is 5. The Labute approximate surface area is 159 Å². The van der Waals surface area contributed by atoms with Crippen molar-refractivity contribution in [1.29, 1.82) is 0 Å². The molecule has 1 saturated heterocycles. The van der Waals surface area contributed by atoms with Gasteiger partial charge in [0.05, 0.1) is 5.69 Å². The van der Waals surface area contributed by atoms with Crippen LogP contribution in [0.3, 0.4) is 0 Å². The minimum atomic E-state index is -0.233. The fourth-order valence-corrected chi connectivity index (χ4v) is 3.04. The van der Waals surface area contributed by atoms with Crippen LogP contribution in [0.2, 0.25) is 0 Å². The van der Waals surface area contributed by atoms with Gasteiger partial charge >= 0.3 is 0 Å². The summed E-state index contributed by atoms with van der Waals surface area (Å²) in [4.78, 5) is 28.6. The van der Waals surface area contributed by atoms with E-state index in [1.54, 1.807) is 4.90 Å². The second-order valence-electron chi connectivity index (χ2n) is 6.79. The van der Waals surface area contributed by atoms with Gasteiger partial charge in [0, 0.05) is 38.8 Å². The van der Waals surface area contributed by atoms with E-state index in [1.807, 2.05) is 44.2 Å². The number of rotatable bonds is 6. The first-order chi connectivity index (χ1) is 13.0. The lowest BCUT2D eigenvalue weighted by Crippen LogP contribution is -2.50. The first-order valence-corrected chi connectivity index (χ1v) is 9.26. The van der Waals surface area contributed by atoms with E-state index in [0.717, 1.165) is 36.6 Å². The summed E-state index contributed by atoms with van der Waals surface area (Å²) < 4.78 is 6.98. The maximum Gasteiger partial charge on any atom is 0.267 e. The largest absolute Gasteiger partial charge is 0.492 e. The van der Waals surface area contributed by atoms with Crippen molar-refractivity contribution in [2.24, 2.45) is 0 Å². The zero-order chi connectivity index (χ0) is 19.2. The second kappa shape index (κ2) is 8.81. The van der Waals surface area contributed by atoms with Gasteiger partial charge in [-0.1, -0.05) is 18.2 Å². The molecular formula is C20H26N4O3. The molecule has 2 aromatic rings. The van der Waals surface area contributed by atoms with Crippen LogP contribution in [0, 0.1) is 13.8 Å². The molecule has 7 heteroatoms. The number of para-hydroxylation sites is 1. The van der Waals surface area contributed by atoms with Gasteiger partial charge < -0.3 is 9.64 Å². The SMILES string of the molecule is Cc1cc(=O)n(CC(=O)N2CCN(CCOc3ccccc3)CC2)nc1C. The van der Waals surface area contributed by atoms with Crippen LogP contribution in [0.1, 0.15) is 11.3 Å². The quantitative estimate of drug-likeness (QED) is 0.761. The summed E-state index contributed by atoms with van der Waals surface area (Å²) in [7, 11) is 0. The van der Waals surface area contributed by atoms with Crippen molar-refractivity contribution in [1.82, 2.24) is 19.6 Å². The molecule has 0 atom stereocenters. The van der Waals surface area contributed by atoms with Crippen molar-refractivity contribution < 1.29 is 9.53 Å². The third kappa shape index (κ3) is 5.17. The zero-order valence-electron chi connectivity index (χ0n) is 15.9. The summed E-state index contributed by atoms with van der Waals surface area (Å²) in [5.41, 5.74) is 1.38. The third-order valence-corrected chi connectivity index (χ3v) is 4.87. The molecular weight excluding hydrogens is 344 g/mol. The number of carbonyl (C=O) groups excluding carboxylic acids is 1. The van der Waals surface area contributed by atoms with Crippen molar-refractivity contribution in [3.8, 4) is 5.75 Å². The molecule has 0 radical (unpaired) electrons. The number of benzene rings is 1. The minimum Gasteiger partial charge on any atom is -0.492 e. The predicted molar refractivity (Wildman–Crippen MR) is 103 cm³/mol. The van der Waals surface area contributed by atoms with E-state index < -0.39 is 0 Å². The fraction of sp³-hybridized carbons (Fsp3) is 0.450. The van der Waals surface area contributed by atoms with E-state index in [0.29, 0.717) is 19.7 Å². The van der Waals surface area contributed by atoms with E-state index in [1.165, 1.54) is 10.7 Å². The lowest BCUT2D eigenvalue weighted by Gasteiger charge is -2.34. The highest BCUT2D eigenvalue weighted by Crippen LogP contribution is 2.09. The zero-order valence-corrected chi connectivity index (χ0v) is 15.9. The topological polar surface area (TPSA) is 67.7 Å². The summed E-state index contributed by atoms with van der Waals surface area (Å²) >= 11 is 0. The van der Waals surface area contributed by atoms with Crippen molar-refractivity contribution in [3.05, 3.63) is 58.0 Å². The standard InChI is InChI=1S/C20H26N4O3/c1-16-14-19(25)24(21-17(16)2)15-20(26)23-10-8-22(9-11-23)12-13-27-18-6-4-3-5-7-18/h3-7,14H,8-13,15H2,1-2H3. The Bertz CT molecular complexity index is 827. The molecule has 7 nitrogen and oxygen atoms in total. The average molecular weight is 370 g/mol. The van der Waals surface area contributed by atoms with Crippen molar-refractivity contribution in [2.45, 2.75) is 20.4 Å². The van der Waals surface area contributed by atoms with Gasteiger partial charge in [0.25, 0.3) is 5.56 Å².